The lowest BCUT2D eigenvalue weighted by molar-refractivity contribution is -0.146. The molecule has 170 valence electrons. The van der Waals surface area contributed by atoms with E-state index >= 15 is 0 Å². The minimum Gasteiger partial charge on any atom is -0.299 e. The molecule has 4 aliphatic rings. The van der Waals surface area contributed by atoms with E-state index in [4.69, 9.17) is 0 Å². The number of likely N-dealkylation sites (tertiary alicyclic amines) is 1. The van der Waals surface area contributed by atoms with Crippen molar-refractivity contribution in [3.63, 3.8) is 0 Å². The fraction of sp³-hybridized carbons (Fsp3) is 0.731. The number of piperazine rings is 1. The predicted octanol–water partition coefficient (Wildman–Crippen LogP) is 3.93. The number of carbonyl (C=O) groups excluding carboxylic acids is 1. The highest BCUT2D eigenvalue weighted by atomic mass is 16.2. The summed E-state index contributed by atoms with van der Waals surface area (Å²) >= 11 is 0. The van der Waals surface area contributed by atoms with Gasteiger partial charge in [0.05, 0.1) is 5.69 Å². The van der Waals surface area contributed by atoms with E-state index in [0.29, 0.717) is 6.04 Å². The van der Waals surface area contributed by atoms with Gasteiger partial charge in [-0.3, -0.25) is 25.0 Å². The van der Waals surface area contributed by atoms with Crippen molar-refractivity contribution < 1.29 is 4.79 Å². The van der Waals surface area contributed by atoms with Crippen LogP contribution in [0.25, 0.3) is 0 Å². The average Bonchev–Trinajstić information content (AvgIpc) is 3.00. The van der Waals surface area contributed by atoms with E-state index in [-0.39, 0.29) is 11.3 Å². The number of nitrogens with zero attached hydrogens (tertiary/aromatic N) is 3. The summed E-state index contributed by atoms with van der Waals surface area (Å²) in [5.74, 6) is 1.02. The zero-order valence-electron chi connectivity index (χ0n) is 19.7. The van der Waals surface area contributed by atoms with Crippen LogP contribution < -0.4 is 10.4 Å². The number of para-hydroxylation sites is 1. The van der Waals surface area contributed by atoms with E-state index in [1.807, 2.05) is 0 Å². The lowest BCUT2D eigenvalue weighted by Gasteiger charge is -2.56. The number of likely N-dealkylation sites (N-methyl/N-ethyl adjacent to an activating group) is 1. The van der Waals surface area contributed by atoms with Crippen molar-refractivity contribution in [3.8, 4) is 0 Å². The van der Waals surface area contributed by atoms with Crippen LogP contribution in [0.15, 0.2) is 24.3 Å². The van der Waals surface area contributed by atoms with E-state index < -0.39 is 5.54 Å². The summed E-state index contributed by atoms with van der Waals surface area (Å²) in [6.07, 6.45) is 10.3. The molecule has 5 heteroatoms. The zero-order chi connectivity index (χ0) is 21.6. The molecule has 0 radical (unpaired) electrons. The van der Waals surface area contributed by atoms with Crippen LogP contribution in [-0.4, -0.2) is 60.5 Å². The maximum absolute atomic E-state index is 13.9. The van der Waals surface area contributed by atoms with Gasteiger partial charge in [-0.2, -0.15) is 0 Å². The Labute approximate surface area is 188 Å². The number of amides is 1. The van der Waals surface area contributed by atoms with Gasteiger partial charge in [-0.1, -0.05) is 51.3 Å². The maximum Gasteiger partial charge on any atom is 0.260 e. The first-order valence-electron chi connectivity index (χ1n) is 12.5. The number of piperidine rings is 1. The Balaban J connectivity index is 1.35. The summed E-state index contributed by atoms with van der Waals surface area (Å²) in [5.41, 5.74) is 5.50. The van der Waals surface area contributed by atoms with Crippen LogP contribution >= 0.6 is 0 Å². The molecule has 1 aromatic carbocycles. The molecule has 1 amide bonds. The molecule has 31 heavy (non-hydrogen) atoms. The fourth-order valence-electron chi connectivity index (χ4n) is 6.88. The molecule has 0 spiro atoms. The Hall–Kier alpha value is -1.59. The number of hydrogen-bond donors (Lipinski definition) is 1. The van der Waals surface area contributed by atoms with Crippen molar-refractivity contribution in [1.82, 2.24) is 15.2 Å². The molecular formula is C26H40N4O. The maximum atomic E-state index is 13.9. The molecule has 3 heterocycles. The van der Waals surface area contributed by atoms with Crippen molar-refractivity contribution in [2.75, 3.05) is 38.2 Å². The Bertz CT molecular complexity index is 817. The molecule has 5 nitrogen and oxygen atoms in total. The smallest absolute Gasteiger partial charge is 0.260 e. The lowest BCUT2D eigenvalue weighted by Crippen LogP contribution is -2.73. The van der Waals surface area contributed by atoms with Crippen LogP contribution in [-0.2, 0) is 10.2 Å². The van der Waals surface area contributed by atoms with E-state index in [1.165, 1.54) is 50.6 Å². The third-order valence-corrected chi connectivity index (χ3v) is 8.68. The second kappa shape index (κ2) is 8.08. The first-order chi connectivity index (χ1) is 14.9. The van der Waals surface area contributed by atoms with Crippen LogP contribution in [0.5, 0.6) is 0 Å². The first-order valence-corrected chi connectivity index (χ1v) is 12.5. The van der Waals surface area contributed by atoms with E-state index in [2.05, 4.69) is 65.4 Å². The van der Waals surface area contributed by atoms with Crippen molar-refractivity contribution >= 4 is 11.6 Å². The monoisotopic (exact) mass is 424 g/mol. The number of hydrazine groups is 1. The summed E-state index contributed by atoms with van der Waals surface area (Å²) in [6, 6.07) is 9.03. The topological polar surface area (TPSA) is 38.8 Å². The number of rotatable bonds is 4. The molecule has 1 saturated carbocycles. The van der Waals surface area contributed by atoms with Gasteiger partial charge in [0.15, 0.2) is 0 Å². The molecule has 2 bridgehead atoms. The van der Waals surface area contributed by atoms with Gasteiger partial charge in [-0.25, -0.2) is 0 Å². The van der Waals surface area contributed by atoms with Crippen molar-refractivity contribution in [2.24, 2.45) is 5.92 Å². The summed E-state index contributed by atoms with van der Waals surface area (Å²) in [4.78, 5) is 19.0. The molecule has 2 unspecified atom stereocenters. The van der Waals surface area contributed by atoms with Crippen molar-refractivity contribution in [1.29, 1.82) is 0 Å². The second-order valence-corrected chi connectivity index (χ2v) is 11.3. The van der Waals surface area contributed by atoms with Gasteiger partial charge in [0.2, 0.25) is 0 Å². The summed E-state index contributed by atoms with van der Waals surface area (Å²) in [6.45, 7) is 8.55. The Morgan fingerprint density at radius 3 is 2.65 bits per heavy atom. The van der Waals surface area contributed by atoms with E-state index in [9.17, 15) is 4.79 Å². The Morgan fingerprint density at radius 1 is 1.06 bits per heavy atom. The van der Waals surface area contributed by atoms with E-state index in [0.717, 1.165) is 44.1 Å². The van der Waals surface area contributed by atoms with Gasteiger partial charge in [0.1, 0.15) is 5.54 Å². The van der Waals surface area contributed by atoms with Gasteiger partial charge in [0.25, 0.3) is 5.91 Å². The minimum absolute atomic E-state index is 0.0438. The predicted molar refractivity (Wildman–Crippen MR) is 126 cm³/mol. The molecular weight excluding hydrogens is 384 g/mol. The van der Waals surface area contributed by atoms with Crippen molar-refractivity contribution in [3.05, 3.63) is 29.8 Å². The summed E-state index contributed by atoms with van der Waals surface area (Å²) in [7, 11) is 2.20. The summed E-state index contributed by atoms with van der Waals surface area (Å²) < 4.78 is 0. The number of carbonyl (C=O) groups is 1. The van der Waals surface area contributed by atoms with Crippen LogP contribution in [0.3, 0.4) is 0 Å². The first kappa shape index (κ1) is 21.3. The van der Waals surface area contributed by atoms with Gasteiger partial charge >= 0.3 is 0 Å². The zero-order valence-corrected chi connectivity index (χ0v) is 19.7. The van der Waals surface area contributed by atoms with Gasteiger partial charge in [-0.15, -0.1) is 0 Å². The highest BCUT2D eigenvalue weighted by Crippen LogP contribution is 2.41. The lowest BCUT2D eigenvalue weighted by atomic mass is 9.78. The molecule has 1 N–H and O–H groups in total. The fourth-order valence-corrected chi connectivity index (χ4v) is 6.88. The largest absolute Gasteiger partial charge is 0.299 e. The third kappa shape index (κ3) is 3.78. The molecule has 5 rings (SSSR count). The van der Waals surface area contributed by atoms with Gasteiger partial charge < -0.3 is 0 Å². The molecule has 3 fully saturated rings. The highest BCUT2D eigenvalue weighted by molar-refractivity contribution is 5.89. The third-order valence-electron chi connectivity index (χ3n) is 8.68. The SMILES string of the molecule is CN1C2CCCC1(C(=O)NN1CC(C)(C)c3ccccc31)CN(CC1CCCCC1)C2. The number of anilines is 1. The standard InChI is InChI=1S/C26H40N4O/c1-25(2)18-30(23-14-8-7-13-22(23)25)27-24(31)26-15-9-12-21(28(26)3)17-29(19-26)16-20-10-5-4-6-11-20/h7-8,13-14,20-21H,4-6,9-12,15-19H2,1-3H3,(H,27,31). The number of hydrogen-bond acceptors (Lipinski definition) is 4. The van der Waals surface area contributed by atoms with Crippen LogP contribution in [0.4, 0.5) is 5.69 Å². The molecule has 2 saturated heterocycles. The number of nitrogens with one attached hydrogen (secondary N) is 1. The average molecular weight is 425 g/mol. The van der Waals surface area contributed by atoms with Crippen LogP contribution in [0.2, 0.25) is 0 Å². The minimum atomic E-state index is -0.405. The molecule has 2 atom stereocenters. The quantitative estimate of drug-likeness (QED) is 0.795. The number of fused-ring (bicyclic) bond motifs is 3. The Kier molecular flexibility index (Phi) is 5.54. The van der Waals surface area contributed by atoms with E-state index in [1.54, 1.807) is 0 Å². The van der Waals surface area contributed by atoms with Crippen molar-refractivity contribution in [2.45, 2.75) is 82.2 Å². The second-order valence-electron chi connectivity index (χ2n) is 11.3. The van der Waals surface area contributed by atoms with Gasteiger partial charge in [-0.05, 0) is 56.7 Å². The van der Waals surface area contributed by atoms with Crippen LogP contribution in [0, 0.1) is 5.92 Å². The van der Waals surface area contributed by atoms with Crippen LogP contribution in [0.1, 0.15) is 70.8 Å². The highest BCUT2D eigenvalue weighted by Gasteiger charge is 2.52. The normalized spacial score (nSPS) is 31.5. The summed E-state index contributed by atoms with van der Waals surface area (Å²) in [5, 5.41) is 2.12. The molecule has 3 aliphatic heterocycles. The Morgan fingerprint density at radius 2 is 1.84 bits per heavy atom. The number of benzene rings is 1. The molecule has 1 aromatic rings. The molecule has 1 aliphatic carbocycles. The molecule has 0 aromatic heterocycles. The van der Waals surface area contributed by atoms with Gasteiger partial charge in [0, 0.05) is 37.6 Å².